The quantitative estimate of drug-likeness (QED) is 0.905. The van der Waals surface area contributed by atoms with Gasteiger partial charge < -0.3 is 5.32 Å². The first-order valence-corrected chi connectivity index (χ1v) is 7.50. The zero-order chi connectivity index (χ0) is 14.1. The third-order valence-corrected chi connectivity index (χ3v) is 4.25. The van der Waals surface area contributed by atoms with Crippen molar-refractivity contribution in [3.8, 4) is 11.1 Å². The number of nitrogens with zero attached hydrogens (tertiary/aromatic N) is 2. The van der Waals surface area contributed by atoms with Crippen molar-refractivity contribution in [2.45, 2.75) is 39.7 Å². The number of rotatable bonds is 2. The molecular weight excluding hydrogens is 246 g/mol. The molecule has 1 atom stereocenters. The fourth-order valence-corrected chi connectivity index (χ4v) is 3.28. The summed E-state index contributed by atoms with van der Waals surface area (Å²) in [5.74, 6) is 0. The van der Waals surface area contributed by atoms with Crippen molar-refractivity contribution in [1.29, 1.82) is 0 Å². The highest BCUT2D eigenvalue weighted by Gasteiger charge is 2.21. The van der Waals surface area contributed by atoms with Crippen LogP contribution in [-0.2, 0) is 0 Å². The zero-order valence-corrected chi connectivity index (χ0v) is 12.6. The summed E-state index contributed by atoms with van der Waals surface area (Å²) in [4.78, 5) is 0. The van der Waals surface area contributed by atoms with E-state index in [4.69, 9.17) is 5.10 Å². The van der Waals surface area contributed by atoms with E-state index in [1.165, 1.54) is 35.2 Å². The molecule has 0 saturated carbocycles. The van der Waals surface area contributed by atoms with Crippen LogP contribution in [0.1, 0.15) is 35.8 Å². The number of piperidine rings is 1. The van der Waals surface area contributed by atoms with Gasteiger partial charge in [0.2, 0.25) is 0 Å². The Hall–Kier alpha value is -1.61. The lowest BCUT2D eigenvalue weighted by Gasteiger charge is -2.24. The van der Waals surface area contributed by atoms with Crippen molar-refractivity contribution in [3.05, 3.63) is 41.2 Å². The molecule has 0 spiro atoms. The molecule has 0 radical (unpaired) electrons. The van der Waals surface area contributed by atoms with Crippen molar-refractivity contribution in [2.24, 2.45) is 0 Å². The minimum atomic E-state index is 0.501. The molecule has 1 saturated heterocycles. The van der Waals surface area contributed by atoms with Crippen molar-refractivity contribution in [2.75, 3.05) is 13.1 Å². The first kappa shape index (κ1) is 13.4. The molecule has 3 rings (SSSR count). The van der Waals surface area contributed by atoms with Crippen molar-refractivity contribution in [1.82, 2.24) is 15.1 Å². The molecule has 1 fully saturated rings. The first-order valence-electron chi connectivity index (χ1n) is 7.50. The number of aryl methyl sites for hydroxylation is 2. The topological polar surface area (TPSA) is 29.9 Å². The molecule has 0 amide bonds. The van der Waals surface area contributed by atoms with Gasteiger partial charge in [0.1, 0.15) is 0 Å². The molecule has 2 heterocycles. The Morgan fingerprint density at radius 2 is 2.10 bits per heavy atom. The van der Waals surface area contributed by atoms with Gasteiger partial charge in [-0.2, -0.15) is 5.10 Å². The van der Waals surface area contributed by atoms with Crippen LogP contribution in [0.2, 0.25) is 0 Å². The third kappa shape index (κ3) is 2.38. The molecule has 3 nitrogen and oxygen atoms in total. The molecule has 1 unspecified atom stereocenters. The standard InChI is InChI=1S/C17H23N3/c1-12-6-4-7-15(10-12)17-13(2)19-20(14(17)3)16-8-5-9-18-11-16/h4,6-7,10,16,18H,5,8-9,11H2,1-3H3. The number of hydrogen-bond donors (Lipinski definition) is 1. The maximum Gasteiger partial charge on any atom is 0.0675 e. The van der Waals surface area contributed by atoms with E-state index in [-0.39, 0.29) is 0 Å². The average Bonchev–Trinajstić information content (AvgIpc) is 2.75. The Balaban J connectivity index is 2.02. The van der Waals surface area contributed by atoms with E-state index < -0.39 is 0 Å². The Morgan fingerprint density at radius 1 is 1.25 bits per heavy atom. The number of nitrogens with one attached hydrogen (secondary N) is 1. The minimum absolute atomic E-state index is 0.501. The summed E-state index contributed by atoms with van der Waals surface area (Å²) in [5, 5.41) is 8.29. The van der Waals surface area contributed by atoms with Crippen LogP contribution >= 0.6 is 0 Å². The van der Waals surface area contributed by atoms with E-state index in [0.29, 0.717) is 6.04 Å². The molecule has 1 aromatic carbocycles. The van der Waals surface area contributed by atoms with Gasteiger partial charge in [0.25, 0.3) is 0 Å². The molecule has 106 valence electrons. The molecular formula is C17H23N3. The second kappa shape index (κ2) is 5.41. The smallest absolute Gasteiger partial charge is 0.0675 e. The fourth-order valence-electron chi connectivity index (χ4n) is 3.28. The van der Waals surface area contributed by atoms with Gasteiger partial charge >= 0.3 is 0 Å². The molecule has 1 aromatic heterocycles. The molecule has 2 aromatic rings. The highest BCUT2D eigenvalue weighted by Crippen LogP contribution is 2.30. The van der Waals surface area contributed by atoms with Gasteiger partial charge in [0.15, 0.2) is 0 Å². The van der Waals surface area contributed by atoms with Gasteiger partial charge in [0, 0.05) is 17.8 Å². The van der Waals surface area contributed by atoms with Gasteiger partial charge in [-0.05, 0) is 45.7 Å². The van der Waals surface area contributed by atoms with Crippen LogP contribution < -0.4 is 5.32 Å². The molecule has 1 N–H and O–H groups in total. The van der Waals surface area contributed by atoms with E-state index in [0.717, 1.165) is 18.8 Å². The lowest BCUT2D eigenvalue weighted by molar-refractivity contribution is 0.341. The van der Waals surface area contributed by atoms with Gasteiger partial charge in [-0.25, -0.2) is 0 Å². The summed E-state index contributed by atoms with van der Waals surface area (Å²) in [6.07, 6.45) is 2.46. The van der Waals surface area contributed by atoms with E-state index in [2.05, 4.69) is 55.0 Å². The summed E-state index contributed by atoms with van der Waals surface area (Å²) >= 11 is 0. The van der Waals surface area contributed by atoms with Crippen LogP contribution in [0.5, 0.6) is 0 Å². The van der Waals surface area contributed by atoms with Crippen LogP contribution in [0.3, 0.4) is 0 Å². The highest BCUT2D eigenvalue weighted by molar-refractivity contribution is 5.69. The number of aromatic nitrogens is 2. The normalized spacial score (nSPS) is 19.2. The molecule has 1 aliphatic heterocycles. The summed E-state index contributed by atoms with van der Waals surface area (Å²) in [6.45, 7) is 8.64. The van der Waals surface area contributed by atoms with Crippen LogP contribution in [0.25, 0.3) is 11.1 Å². The third-order valence-electron chi connectivity index (χ3n) is 4.25. The SMILES string of the molecule is Cc1cccc(-c2c(C)nn(C3CCCNC3)c2C)c1. The second-order valence-corrected chi connectivity index (χ2v) is 5.86. The minimum Gasteiger partial charge on any atom is -0.315 e. The number of hydrogen-bond acceptors (Lipinski definition) is 2. The van der Waals surface area contributed by atoms with E-state index >= 15 is 0 Å². The Morgan fingerprint density at radius 3 is 2.80 bits per heavy atom. The molecule has 1 aliphatic rings. The lowest BCUT2D eigenvalue weighted by atomic mass is 10.0. The van der Waals surface area contributed by atoms with Gasteiger partial charge in [-0.3, -0.25) is 4.68 Å². The van der Waals surface area contributed by atoms with Crippen LogP contribution in [0.4, 0.5) is 0 Å². The maximum atomic E-state index is 4.82. The monoisotopic (exact) mass is 269 g/mol. The highest BCUT2D eigenvalue weighted by atomic mass is 15.3. The average molecular weight is 269 g/mol. The van der Waals surface area contributed by atoms with Crippen molar-refractivity contribution in [3.63, 3.8) is 0 Å². The Labute approximate surface area is 121 Å². The Kier molecular flexibility index (Phi) is 3.62. The fraction of sp³-hybridized carbons (Fsp3) is 0.471. The summed E-state index contributed by atoms with van der Waals surface area (Å²) in [7, 11) is 0. The van der Waals surface area contributed by atoms with Crippen LogP contribution in [0, 0.1) is 20.8 Å². The number of benzene rings is 1. The molecule has 0 bridgehead atoms. The molecule has 0 aliphatic carbocycles. The predicted molar refractivity (Wildman–Crippen MR) is 83.0 cm³/mol. The van der Waals surface area contributed by atoms with Gasteiger partial charge in [-0.1, -0.05) is 29.8 Å². The first-order chi connectivity index (χ1) is 9.66. The van der Waals surface area contributed by atoms with Gasteiger partial charge in [-0.15, -0.1) is 0 Å². The lowest BCUT2D eigenvalue weighted by Crippen LogP contribution is -2.32. The molecule has 3 heteroatoms. The summed E-state index contributed by atoms with van der Waals surface area (Å²) < 4.78 is 2.24. The van der Waals surface area contributed by atoms with Crippen LogP contribution in [-0.4, -0.2) is 22.9 Å². The Bertz CT molecular complexity index is 607. The second-order valence-electron chi connectivity index (χ2n) is 5.86. The van der Waals surface area contributed by atoms with E-state index in [9.17, 15) is 0 Å². The van der Waals surface area contributed by atoms with Crippen molar-refractivity contribution >= 4 is 0 Å². The van der Waals surface area contributed by atoms with E-state index in [1.807, 2.05) is 0 Å². The largest absolute Gasteiger partial charge is 0.315 e. The van der Waals surface area contributed by atoms with Crippen LogP contribution in [0.15, 0.2) is 24.3 Å². The predicted octanol–water partition coefficient (Wildman–Crippen LogP) is 3.40. The zero-order valence-electron chi connectivity index (χ0n) is 12.6. The van der Waals surface area contributed by atoms with Crippen molar-refractivity contribution < 1.29 is 0 Å². The maximum absolute atomic E-state index is 4.82. The molecule has 20 heavy (non-hydrogen) atoms. The van der Waals surface area contributed by atoms with E-state index in [1.54, 1.807) is 0 Å². The van der Waals surface area contributed by atoms with Gasteiger partial charge in [0.05, 0.1) is 11.7 Å². The summed E-state index contributed by atoms with van der Waals surface area (Å²) in [5.41, 5.74) is 6.32. The summed E-state index contributed by atoms with van der Waals surface area (Å²) in [6, 6.07) is 9.21.